The lowest BCUT2D eigenvalue weighted by Gasteiger charge is -2.32. The van der Waals surface area contributed by atoms with Crippen LogP contribution in [0.4, 0.5) is 4.39 Å². The Morgan fingerprint density at radius 2 is 2.00 bits per heavy atom. The average Bonchev–Trinajstić information content (AvgIpc) is 2.48. The average molecular weight is 358 g/mol. The number of likely N-dealkylation sites (N-methyl/N-ethyl adjacent to an activating group) is 1. The molecule has 1 N–H and O–H groups in total. The molecule has 1 heterocycles. The van der Waals surface area contributed by atoms with Gasteiger partial charge in [-0.05, 0) is 67.1 Å². The van der Waals surface area contributed by atoms with Gasteiger partial charge >= 0.3 is 0 Å². The second-order valence-electron chi connectivity index (χ2n) is 5.85. The maximum absolute atomic E-state index is 13.2. The van der Waals surface area contributed by atoms with Gasteiger partial charge in [0.05, 0.1) is 4.47 Å². The molecule has 1 aromatic carbocycles. The predicted octanol–water partition coefficient (Wildman–Crippen LogP) is 2.88. The Kier molecular flexibility index (Phi) is 6.61. The van der Waals surface area contributed by atoms with E-state index in [0.717, 1.165) is 25.1 Å². The normalized spacial score (nSPS) is 18.9. The summed E-state index contributed by atoms with van der Waals surface area (Å²) in [7, 11) is 2.18. The van der Waals surface area contributed by atoms with Crippen molar-refractivity contribution in [1.29, 1.82) is 0 Å². The molecule has 0 bridgehead atoms. The van der Waals surface area contributed by atoms with Crippen LogP contribution >= 0.6 is 15.9 Å². The molecule has 1 aliphatic heterocycles. The zero-order valence-electron chi connectivity index (χ0n) is 12.9. The molecule has 0 amide bonds. The quantitative estimate of drug-likeness (QED) is 0.789. The van der Waals surface area contributed by atoms with E-state index in [0.29, 0.717) is 4.47 Å². The van der Waals surface area contributed by atoms with Gasteiger partial charge in [0.1, 0.15) is 5.82 Å². The molecule has 0 aromatic heterocycles. The van der Waals surface area contributed by atoms with Crippen molar-refractivity contribution in [3.63, 3.8) is 0 Å². The highest BCUT2D eigenvalue weighted by Gasteiger charge is 2.13. The summed E-state index contributed by atoms with van der Waals surface area (Å²) in [6.45, 7) is 8.97. The number of nitrogens with zero attached hydrogens (tertiary/aromatic N) is 2. The van der Waals surface area contributed by atoms with E-state index in [2.05, 4.69) is 45.0 Å². The zero-order valence-corrected chi connectivity index (χ0v) is 14.5. The molecule has 1 saturated heterocycles. The molecule has 118 valence electrons. The van der Waals surface area contributed by atoms with Crippen molar-refractivity contribution >= 4 is 15.9 Å². The molecule has 3 nitrogen and oxygen atoms in total. The van der Waals surface area contributed by atoms with Crippen LogP contribution in [-0.4, -0.2) is 56.1 Å². The lowest BCUT2D eigenvalue weighted by molar-refractivity contribution is 0.152. The highest BCUT2D eigenvalue weighted by atomic mass is 79.9. The van der Waals surface area contributed by atoms with Gasteiger partial charge in [0.25, 0.3) is 0 Å². The van der Waals surface area contributed by atoms with Gasteiger partial charge in [-0.1, -0.05) is 6.07 Å². The summed E-state index contributed by atoms with van der Waals surface area (Å²) in [6, 6.07) is 5.46. The van der Waals surface area contributed by atoms with Gasteiger partial charge in [-0.25, -0.2) is 4.39 Å². The second kappa shape index (κ2) is 8.22. The van der Waals surface area contributed by atoms with Gasteiger partial charge in [-0.15, -0.1) is 0 Å². The topological polar surface area (TPSA) is 18.5 Å². The van der Waals surface area contributed by atoms with Gasteiger partial charge < -0.3 is 15.1 Å². The summed E-state index contributed by atoms with van der Waals surface area (Å²) in [5.74, 6) is -0.207. The SMILES string of the molecule is CC(NCCCN1CCN(C)CC1)c1ccc(F)c(Br)c1. The molecule has 0 saturated carbocycles. The first-order chi connectivity index (χ1) is 10.1. The molecular formula is C16H25BrFN3. The van der Waals surface area contributed by atoms with Gasteiger partial charge in [0.2, 0.25) is 0 Å². The zero-order chi connectivity index (χ0) is 15.2. The van der Waals surface area contributed by atoms with E-state index in [9.17, 15) is 4.39 Å². The Labute approximate surface area is 135 Å². The summed E-state index contributed by atoms with van der Waals surface area (Å²) in [6.07, 6.45) is 1.15. The Balaban J connectivity index is 1.67. The van der Waals surface area contributed by atoms with Crippen molar-refractivity contribution in [1.82, 2.24) is 15.1 Å². The molecule has 1 aromatic rings. The van der Waals surface area contributed by atoms with E-state index in [1.54, 1.807) is 0 Å². The summed E-state index contributed by atoms with van der Waals surface area (Å²) in [5, 5.41) is 3.51. The van der Waals surface area contributed by atoms with E-state index in [1.165, 1.54) is 32.2 Å². The van der Waals surface area contributed by atoms with Crippen molar-refractivity contribution in [2.24, 2.45) is 0 Å². The Morgan fingerprint density at radius 3 is 2.67 bits per heavy atom. The summed E-state index contributed by atoms with van der Waals surface area (Å²) in [4.78, 5) is 4.91. The molecule has 5 heteroatoms. The minimum Gasteiger partial charge on any atom is -0.310 e. The third-order valence-corrected chi connectivity index (χ3v) is 4.75. The third kappa shape index (κ3) is 5.33. The third-order valence-electron chi connectivity index (χ3n) is 4.14. The van der Waals surface area contributed by atoms with Crippen LogP contribution in [0.1, 0.15) is 24.9 Å². The van der Waals surface area contributed by atoms with E-state index in [-0.39, 0.29) is 11.9 Å². The van der Waals surface area contributed by atoms with Crippen molar-refractivity contribution in [3.05, 3.63) is 34.1 Å². The molecule has 2 rings (SSSR count). The van der Waals surface area contributed by atoms with Gasteiger partial charge in [-0.3, -0.25) is 0 Å². The number of halogens is 2. The molecule has 21 heavy (non-hydrogen) atoms. The first kappa shape index (κ1) is 16.9. The fraction of sp³-hybridized carbons (Fsp3) is 0.625. The molecule has 0 radical (unpaired) electrons. The van der Waals surface area contributed by atoms with Gasteiger partial charge in [-0.2, -0.15) is 0 Å². The molecule has 1 unspecified atom stereocenters. The Hall–Kier alpha value is -0.490. The van der Waals surface area contributed by atoms with Crippen LogP contribution < -0.4 is 5.32 Å². The van der Waals surface area contributed by atoms with E-state index >= 15 is 0 Å². The van der Waals surface area contributed by atoms with Crippen molar-refractivity contribution in [2.45, 2.75) is 19.4 Å². The minimum absolute atomic E-state index is 0.207. The standard InChI is InChI=1S/C16H25BrFN3/c1-13(14-4-5-16(18)15(17)12-14)19-6-3-7-21-10-8-20(2)9-11-21/h4-5,12-13,19H,3,6-11H2,1-2H3. The fourth-order valence-corrected chi connectivity index (χ4v) is 2.99. The largest absolute Gasteiger partial charge is 0.310 e. The molecule has 1 atom stereocenters. The Bertz CT molecular complexity index is 447. The molecule has 1 fully saturated rings. The lowest BCUT2D eigenvalue weighted by Crippen LogP contribution is -2.45. The van der Waals surface area contributed by atoms with Crippen LogP contribution in [0.15, 0.2) is 22.7 Å². The van der Waals surface area contributed by atoms with Crippen LogP contribution in [-0.2, 0) is 0 Å². The summed E-state index contributed by atoms with van der Waals surface area (Å²) in [5.41, 5.74) is 1.11. The second-order valence-corrected chi connectivity index (χ2v) is 6.70. The highest BCUT2D eigenvalue weighted by Crippen LogP contribution is 2.21. The summed E-state index contributed by atoms with van der Waals surface area (Å²) < 4.78 is 13.8. The van der Waals surface area contributed by atoms with E-state index < -0.39 is 0 Å². The van der Waals surface area contributed by atoms with Crippen LogP contribution in [0, 0.1) is 5.82 Å². The molecule has 1 aliphatic rings. The molecule has 0 spiro atoms. The predicted molar refractivity (Wildman–Crippen MR) is 89.1 cm³/mol. The van der Waals surface area contributed by atoms with E-state index in [1.807, 2.05) is 12.1 Å². The maximum Gasteiger partial charge on any atom is 0.137 e. The van der Waals surface area contributed by atoms with Crippen molar-refractivity contribution in [3.8, 4) is 0 Å². The van der Waals surface area contributed by atoms with Crippen LogP contribution in [0.3, 0.4) is 0 Å². The minimum atomic E-state index is -0.207. The number of hydrogen-bond donors (Lipinski definition) is 1. The lowest BCUT2D eigenvalue weighted by atomic mass is 10.1. The smallest absolute Gasteiger partial charge is 0.137 e. The molecule has 0 aliphatic carbocycles. The van der Waals surface area contributed by atoms with Crippen LogP contribution in [0.2, 0.25) is 0 Å². The molecular weight excluding hydrogens is 333 g/mol. The monoisotopic (exact) mass is 357 g/mol. The number of nitrogens with one attached hydrogen (secondary N) is 1. The summed E-state index contributed by atoms with van der Waals surface area (Å²) >= 11 is 3.24. The van der Waals surface area contributed by atoms with Gasteiger partial charge in [0, 0.05) is 32.2 Å². The maximum atomic E-state index is 13.2. The number of hydrogen-bond acceptors (Lipinski definition) is 3. The Morgan fingerprint density at radius 1 is 1.29 bits per heavy atom. The van der Waals surface area contributed by atoms with E-state index in [4.69, 9.17) is 0 Å². The van der Waals surface area contributed by atoms with Crippen LogP contribution in [0.25, 0.3) is 0 Å². The number of rotatable bonds is 6. The van der Waals surface area contributed by atoms with Crippen LogP contribution in [0.5, 0.6) is 0 Å². The number of benzene rings is 1. The number of piperazine rings is 1. The van der Waals surface area contributed by atoms with Crippen molar-refractivity contribution in [2.75, 3.05) is 46.3 Å². The van der Waals surface area contributed by atoms with Gasteiger partial charge in [0.15, 0.2) is 0 Å². The first-order valence-corrected chi connectivity index (χ1v) is 8.45. The first-order valence-electron chi connectivity index (χ1n) is 7.65. The fourth-order valence-electron chi connectivity index (χ4n) is 2.59. The van der Waals surface area contributed by atoms with Crippen molar-refractivity contribution < 1.29 is 4.39 Å². The highest BCUT2D eigenvalue weighted by molar-refractivity contribution is 9.10.